The standard InChI is InChI=1S/C22H22ClF3N6O3/c23-17-11-14(8-9-15(17)16-5-1-2-7-19(16)35-22(24,25)26)30-21(34)18-6-3-4-10-32(18)20(33)12-28-13-29-31-27/h1-2,5,7-9,11,13,18H,3-4,6,10,12H2,(H,30,34)(H2,27,28,29)/t18-/m1/s1. The van der Waals surface area contributed by atoms with Crippen LogP contribution in [0.5, 0.6) is 5.75 Å². The zero-order chi connectivity index (χ0) is 25.4. The number of anilines is 1. The third-order valence-corrected chi connectivity index (χ3v) is 5.54. The first kappa shape index (κ1) is 25.9. The molecule has 0 aromatic heterocycles. The fourth-order valence-corrected chi connectivity index (χ4v) is 4.03. The molecule has 0 spiro atoms. The van der Waals surface area contributed by atoms with Gasteiger partial charge >= 0.3 is 6.36 Å². The van der Waals surface area contributed by atoms with Gasteiger partial charge in [-0.1, -0.05) is 41.1 Å². The van der Waals surface area contributed by atoms with Crippen molar-refractivity contribution in [3.63, 3.8) is 0 Å². The number of rotatable bonds is 8. The van der Waals surface area contributed by atoms with Crippen molar-refractivity contribution in [1.29, 1.82) is 5.53 Å². The van der Waals surface area contributed by atoms with Crippen molar-refractivity contribution in [3.8, 4) is 16.9 Å². The number of amides is 2. The first-order valence-electron chi connectivity index (χ1n) is 10.6. The van der Waals surface area contributed by atoms with E-state index in [0.29, 0.717) is 24.2 Å². The van der Waals surface area contributed by atoms with Crippen LogP contribution >= 0.6 is 11.6 Å². The minimum absolute atomic E-state index is 0.108. The van der Waals surface area contributed by atoms with E-state index in [0.717, 1.165) is 19.2 Å². The molecule has 0 aliphatic carbocycles. The van der Waals surface area contributed by atoms with E-state index in [9.17, 15) is 22.8 Å². The Bertz CT molecular complexity index is 1110. The molecule has 1 saturated heterocycles. The maximum atomic E-state index is 13.0. The maximum absolute atomic E-state index is 13.0. The molecule has 1 aliphatic rings. The second-order valence-corrected chi connectivity index (χ2v) is 7.96. The number of piperidine rings is 1. The van der Waals surface area contributed by atoms with Crippen LogP contribution in [-0.2, 0) is 9.59 Å². The van der Waals surface area contributed by atoms with Gasteiger partial charge in [0.15, 0.2) is 0 Å². The summed E-state index contributed by atoms with van der Waals surface area (Å²) in [5.41, 5.74) is 7.35. The number of alkyl halides is 3. The smallest absolute Gasteiger partial charge is 0.405 e. The summed E-state index contributed by atoms with van der Waals surface area (Å²) in [5.74, 6) is -1.11. The second kappa shape index (κ2) is 11.6. The van der Waals surface area contributed by atoms with E-state index in [1.807, 2.05) is 0 Å². The summed E-state index contributed by atoms with van der Waals surface area (Å²) in [7, 11) is 0. The lowest BCUT2D eigenvalue weighted by Gasteiger charge is -2.34. The van der Waals surface area contributed by atoms with E-state index in [-0.39, 0.29) is 23.0 Å². The lowest BCUT2D eigenvalue weighted by Crippen LogP contribution is -2.52. The predicted molar refractivity (Wildman–Crippen MR) is 123 cm³/mol. The Labute approximate surface area is 203 Å². The van der Waals surface area contributed by atoms with Crippen LogP contribution in [0, 0.1) is 5.53 Å². The number of halogens is 4. The maximum Gasteiger partial charge on any atom is 0.573 e. The van der Waals surface area contributed by atoms with E-state index in [1.165, 1.54) is 41.3 Å². The number of carbonyl (C=O) groups excluding carboxylic acids is 2. The second-order valence-electron chi connectivity index (χ2n) is 7.55. The van der Waals surface area contributed by atoms with Gasteiger partial charge in [0.1, 0.15) is 18.1 Å². The minimum Gasteiger partial charge on any atom is -0.405 e. The first-order chi connectivity index (χ1) is 16.7. The molecule has 3 N–H and O–H groups in total. The van der Waals surface area contributed by atoms with Crippen molar-refractivity contribution in [2.75, 3.05) is 18.4 Å². The molecule has 2 amide bonds. The lowest BCUT2D eigenvalue weighted by atomic mass is 10.0. The molecule has 2 aromatic rings. The molecule has 1 atom stereocenters. The Hall–Kier alpha value is -3.67. The van der Waals surface area contributed by atoms with Crippen LogP contribution in [0.2, 0.25) is 5.02 Å². The van der Waals surface area contributed by atoms with Crippen LogP contribution in [0.25, 0.3) is 11.1 Å². The summed E-state index contributed by atoms with van der Waals surface area (Å²) >= 11 is 6.34. The average Bonchev–Trinajstić information content (AvgIpc) is 2.81. The number of nitrogens with one attached hydrogen (secondary N) is 3. The average molecular weight is 511 g/mol. The van der Waals surface area contributed by atoms with Gasteiger partial charge in [0.2, 0.25) is 11.8 Å². The number of nitrogens with zero attached hydrogens (tertiary/aromatic N) is 3. The number of carbonyl (C=O) groups is 2. The quantitative estimate of drug-likeness (QED) is 0.205. The molecule has 186 valence electrons. The Balaban J connectivity index is 1.73. The summed E-state index contributed by atoms with van der Waals surface area (Å²) < 4.78 is 42.4. The van der Waals surface area contributed by atoms with Crippen LogP contribution < -0.4 is 15.4 Å². The fraction of sp³-hybridized carbons (Fsp3) is 0.318. The SMILES string of the molecule is N=N/N=C\NCC(=O)N1CCCC[C@@H]1C(=O)Nc1ccc(-c2ccccc2OC(F)(F)F)c(Cl)c1. The van der Waals surface area contributed by atoms with Crippen molar-refractivity contribution in [2.45, 2.75) is 31.7 Å². The zero-order valence-corrected chi connectivity index (χ0v) is 19.1. The van der Waals surface area contributed by atoms with Crippen molar-refractivity contribution >= 4 is 35.4 Å². The Morgan fingerprint density at radius 2 is 1.97 bits per heavy atom. The first-order valence-corrected chi connectivity index (χ1v) is 10.9. The third kappa shape index (κ3) is 7.15. The Morgan fingerprint density at radius 3 is 2.69 bits per heavy atom. The summed E-state index contributed by atoms with van der Waals surface area (Å²) in [4.78, 5) is 27.0. The molecule has 13 heteroatoms. The number of hydrogen-bond donors (Lipinski definition) is 3. The van der Waals surface area contributed by atoms with Crippen molar-refractivity contribution in [2.24, 2.45) is 10.3 Å². The number of hydrogen-bond acceptors (Lipinski definition) is 5. The normalized spacial score (nSPS) is 16.1. The highest BCUT2D eigenvalue weighted by molar-refractivity contribution is 6.33. The van der Waals surface area contributed by atoms with Crippen LogP contribution in [-0.4, -0.2) is 48.5 Å². The van der Waals surface area contributed by atoms with Crippen LogP contribution in [0.3, 0.4) is 0 Å². The third-order valence-electron chi connectivity index (χ3n) is 5.23. The van der Waals surface area contributed by atoms with Gasteiger partial charge in [-0.15, -0.1) is 18.3 Å². The predicted octanol–water partition coefficient (Wildman–Crippen LogP) is 4.79. The molecule has 0 unspecified atom stereocenters. The van der Waals surface area contributed by atoms with E-state index < -0.39 is 24.1 Å². The molecule has 2 aromatic carbocycles. The van der Waals surface area contributed by atoms with Gasteiger partial charge in [0.25, 0.3) is 0 Å². The number of ether oxygens (including phenoxy) is 1. The molecule has 0 radical (unpaired) electrons. The van der Waals surface area contributed by atoms with Crippen LogP contribution in [0.15, 0.2) is 52.8 Å². The van der Waals surface area contributed by atoms with Gasteiger partial charge in [-0.2, -0.15) is 5.53 Å². The highest BCUT2D eigenvalue weighted by Crippen LogP contribution is 2.38. The molecule has 0 saturated carbocycles. The lowest BCUT2D eigenvalue weighted by molar-refractivity contribution is -0.274. The molecule has 1 aliphatic heterocycles. The Morgan fingerprint density at radius 1 is 1.20 bits per heavy atom. The summed E-state index contributed by atoms with van der Waals surface area (Å²) in [5, 5.41) is 11.5. The van der Waals surface area contributed by atoms with E-state index >= 15 is 0 Å². The summed E-state index contributed by atoms with van der Waals surface area (Å²) in [6.45, 7) is 0.303. The van der Waals surface area contributed by atoms with Gasteiger partial charge in [-0.3, -0.25) is 9.59 Å². The Kier molecular flexibility index (Phi) is 8.63. The van der Waals surface area contributed by atoms with Gasteiger partial charge in [-0.25, -0.2) is 0 Å². The molecular weight excluding hydrogens is 489 g/mol. The van der Waals surface area contributed by atoms with Crippen molar-refractivity contribution < 1.29 is 27.5 Å². The summed E-state index contributed by atoms with van der Waals surface area (Å²) in [6, 6.07) is 9.34. The largest absolute Gasteiger partial charge is 0.573 e. The van der Waals surface area contributed by atoms with E-state index in [4.69, 9.17) is 17.1 Å². The van der Waals surface area contributed by atoms with Crippen molar-refractivity contribution in [3.05, 3.63) is 47.5 Å². The highest BCUT2D eigenvalue weighted by Gasteiger charge is 2.33. The van der Waals surface area contributed by atoms with Gasteiger partial charge in [0.05, 0.1) is 11.6 Å². The highest BCUT2D eigenvalue weighted by atomic mass is 35.5. The molecule has 1 fully saturated rings. The van der Waals surface area contributed by atoms with Gasteiger partial charge < -0.3 is 20.3 Å². The fourth-order valence-electron chi connectivity index (χ4n) is 3.75. The van der Waals surface area contributed by atoms with E-state index in [1.54, 1.807) is 6.07 Å². The molecular formula is C22H22ClF3N6O3. The monoisotopic (exact) mass is 510 g/mol. The summed E-state index contributed by atoms with van der Waals surface area (Å²) in [6.07, 6.45) is -1.75. The number of likely N-dealkylation sites (tertiary alicyclic amines) is 1. The van der Waals surface area contributed by atoms with Gasteiger partial charge in [-0.05, 0) is 37.5 Å². The van der Waals surface area contributed by atoms with Crippen LogP contribution in [0.4, 0.5) is 18.9 Å². The molecule has 35 heavy (non-hydrogen) atoms. The van der Waals surface area contributed by atoms with Crippen LogP contribution in [0.1, 0.15) is 19.3 Å². The minimum atomic E-state index is -4.86. The topological polar surface area (TPSA) is 119 Å². The molecule has 3 rings (SSSR count). The van der Waals surface area contributed by atoms with Crippen molar-refractivity contribution in [1.82, 2.24) is 10.2 Å². The molecule has 9 nitrogen and oxygen atoms in total. The van der Waals surface area contributed by atoms with Gasteiger partial charge in [0, 0.05) is 23.4 Å². The molecule has 0 bridgehead atoms. The van der Waals surface area contributed by atoms with E-state index in [2.05, 4.69) is 25.7 Å². The number of benzene rings is 2. The molecule has 1 heterocycles. The zero-order valence-electron chi connectivity index (χ0n) is 18.3. The number of para-hydroxylation sites is 1.